The van der Waals surface area contributed by atoms with Crippen LogP contribution >= 0.6 is 0 Å². The van der Waals surface area contributed by atoms with E-state index in [1.54, 1.807) is 0 Å². The van der Waals surface area contributed by atoms with E-state index in [4.69, 9.17) is 33.5 Å². The lowest BCUT2D eigenvalue weighted by molar-refractivity contribution is -0.169. The Bertz CT molecular complexity index is 251. The fourth-order valence-corrected chi connectivity index (χ4v) is 2.58. The average molecular weight is 379 g/mol. The van der Waals surface area contributed by atoms with Crippen molar-refractivity contribution in [3.63, 3.8) is 0 Å². The summed E-state index contributed by atoms with van der Waals surface area (Å²) in [6.45, 7) is 7.46. The molecule has 2 aliphatic rings. The van der Waals surface area contributed by atoms with Crippen LogP contribution in [0.15, 0.2) is 0 Å². The van der Waals surface area contributed by atoms with E-state index < -0.39 is 0 Å². The largest absolute Gasteiger partial charge is 0.394 e. The predicted octanol–water partition coefficient (Wildman–Crippen LogP) is 2.49. The van der Waals surface area contributed by atoms with Gasteiger partial charge in [-0.15, -0.1) is 0 Å². The Morgan fingerprint density at radius 3 is 1.69 bits per heavy atom. The van der Waals surface area contributed by atoms with E-state index in [1.165, 1.54) is 19.3 Å². The van der Waals surface area contributed by atoms with Gasteiger partial charge < -0.3 is 33.5 Å². The zero-order valence-corrected chi connectivity index (χ0v) is 16.4. The molecule has 2 atom stereocenters. The van der Waals surface area contributed by atoms with Gasteiger partial charge >= 0.3 is 0 Å². The molecule has 0 amide bonds. The quantitative estimate of drug-likeness (QED) is 0.523. The Kier molecular flexibility index (Phi) is 16.5. The summed E-state index contributed by atoms with van der Waals surface area (Å²) in [5.41, 5.74) is 0. The van der Waals surface area contributed by atoms with Crippen molar-refractivity contribution in [2.75, 3.05) is 59.5 Å². The Hall–Kier alpha value is -0.280. The minimum Gasteiger partial charge on any atom is -0.394 e. The molecule has 2 fully saturated rings. The van der Waals surface area contributed by atoms with Crippen LogP contribution in [0.4, 0.5) is 0 Å². The van der Waals surface area contributed by atoms with Crippen LogP contribution in [-0.2, 0) is 28.4 Å². The molecule has 0 aliphatic carbocycles. The molecule has 1 N–H and O–H groups in total. The zero-order valence-electron chi connectivity index (χ0n) is 16.4. The molecule has 0 saturated carbocycles. The van der Waals surface area contributed by atoms with Gasteiger partial charge in [-0.2, -0.15) is 0 Å². The van der Waals surface area contributed by atoms with Crippen LogP contribution in [0.5, 0.6) is 0 Å². The predicted molar refractivity (Wildman–Crippen MR) is 98.1 cm³/mol. The molecule has 2 unspecified atom stereocenters. The molecule has 0 spiro atoms. The van der Waals surface area contributed by atoms with Crippen molar-refractivity contribution in [3.05, 3.63) is 0 Å². The Labute approximate surface area is 158 Å². The van der Waals surface area contributed by atoms with E-state index >= 15 is 0 Å². The van der Waals surface area contributed by atoms with Crippen LogP contribution in [0, 0.1) is 0 Å². The van der Waals surface area contributed by atoms with Gasteiger partial charge in [0.2, 0.25) is 0 Å². The number of ether oxygens (including phenoxy) is 6. The van der Waals surface area contributed by atoms with Crippen molar-refractivity contribution in [2.45, 2.75) is 64.4 Å². The topological polar surface area (TPSA) is 75.6 Å². The zero-order chi connectivity index (χ0) is 18.7. The van der Waals surface area contributed by atoms with Gasteiger partial charge in [-0.05, 0) is 44.9 Å². The number of hydrogen-bond donors (Lipinski definition) is 1. The second-order valence-electron chi connectivity index (χ2n) is 6.28. The summed E-state index contributed by atoms with van der Waals surface area (Å²) in [7, 11) is 0. The molecule has 2 rings (SSSR count). The average Bonchev–Trinajstić information content (AvgIpc) is 2.70. The fourth-order valence-electron chi connectivity index (χ4n) is 2.58. The van der Waals surface area contributed by atoms with Crippen molar-refractivity contribution >= 4 is 0 Å². The first kappa shape index (κ1) is 23.8. The highest BCUT2D eigenvalue weighted by molar-refractivity contribution is 4.54. The Morgan fingerprint density at radius 1 is 0.731 bits per heavy atom. The van der Waals surface area contributed by atoms with Crippen LogP contribution in [0.3, 0.4) is 0 Å². The van der Waals surface area contributed by atoms with Gasteiger partial charge in [-0.25, -0.2) is 0 Å². The van der Waals surface area contributed by atoms with E-state index in [0.29, 0.717) is 33.0 Å². The van der Waals surface area contributed by atoms with E-state index in [0.717, 1.165) is 45.5 Å². The van der Waals surface area contributed by atoms with Gasteiger partial charge in [0, 0.05) is 19.8 Å². The molecule has 0 aromatic carbocycles. The molecule has 2 aliphatic heterocycles. The summed E-state index contributed by atoms with van der Waals surface area (Å²) in [5, 5.41) is 8.42. The third-order valence-electron chi connectivity index (χ3n) is 3.92. The van der Waals surface area contributed by atoms with Crippen molar-refractivity contribution in [3.8, 4) is 0 Å². The molecule has 0 aromatic heterocycles. The summed E-state index contributed by atoms with van der Waals surface area (Å²) in [5.74, 6) is 0. The van der Waals surface area contributed by atoms with Gasteiger partial charge in [0.15, 0.2) is 12.6 Å². The lowest BCUT2D eigenvalue weighted by Crippen LogP contribution is -2.24. The van der Waals surface area contributed by atoms with Gasteiger partial charge in [0.1, 0.15) is 0 Å². The molecule has 0 radical (unpaired) electrons. The minimum atomic E-state index is -0.0357. The number of rotatable bonds is 12. The molecule has 7 nitrogen and oxygen atoms in total. The van der Waals surface area contributed by atoms with Crippen LogP contribution in [-0.4, -0.2) is 77.1 Å². The maximum atomic E-state index is 8.42. The molecule has 26 heavy (non-hydrogen) atoms. The summed E-state index contributed by atoms with van der Waals surface area (Å²) >= 11 is 0. The van der Waals surface area contributed by atoms with Crippen molar-refractivity contribution < 1.29 is 33.5 Å². The summed E-state index contributed by atoms with van der Waals surface area (Å²) < 4.78 is 32.0. The Balaban J connectivity index is 0.000000260. The van der Waals surface area contributed by atoms with Crippen LogP contribution in [0.1, 0.15) is 51.9 Å². The molecule has 0 aromatic rings. The molecular formula is C19H38O7. The van der Waals surface area contributed by atoms with Gasteiger partial charge in [-0.3, -0.25) is 0 Å². The van der Waals surface area contributed by atoms with Gasteiger partial charge in [0.05, 0.1) is 39.6 Å². The van der Waals surface area contributed by atoms with E-state index in [-0.39, 0.29) is 19.2 Å². The highest BCUT2D eigenvalue weighted by atomic mass is 16.7. The third kappa shape index (κ3) is 13.9. The van der Waals surface area contributed by atoms with Gasteiger partial charge in [0.25, 0.3) is 0 Å². The summed E-state index contributed by atoms with van der Waals surface area (Å²) in [4.78, 5) is 0. The summed E-state index contributed by atoms with van der Waals surface area (Å²) in [6.07, 6.45) is 7.80. The Morgan fingerprint density at radius 2 is 1.27 bits per heavy atom. The smallest absolute Gasteiger partial charge is 0.157 e. The minimum absolute atomic E-state index is 0.0268. The second kappa shape index (κ2) is 18.1. The maximum Gasteiger partial charge on any atom is 0.157 e. The molecule has 2 saturated heterocycles. The highest BCUT2D eigenvalue weighted by Crippen LogP contribution is 2.13. The lowest BCUT2D eigenvalue weighted by atomic mass is 10.2. The monoisotopic (exact) mass is 378 g/mol. The normalized spacial score (nSPS) is 23.3. The second-order valence-corrected chi connectivity index (χ2v) is 6.28. The molecule has 0 bridgehead atoms. The molecule has 2 heterocycles. The number of aliphatic hydroxyl groups is 1. The standard InChI is InChI=1S/C10H20O3.C9H18O4/c1-2-6-11-8-9-13-10-5-3-4-7-12-10;10-4-6-11-7-8-13-9-3-1-2-5-12-9/h10H,2-9H2,1H3;9-10H,1-8H2. The first-order valence-electron chi connectivity index (χ1n) is 10.1. The first-order chi connectivity index (χ1) is 12.9. The molecule has 7 heteroatoms. The number of hydrogen-bond acceptors (Lipinski definition) is 7. The van der Waals surface area contributed by atoms with Crippen molar-refractivity contribution in [2.24, 2.45) is 0 Å². The van der Waals surface area contributed by atoms with Crippen LogP contribution in [0.2, 0.25) is 0 Å². The van der Waals surface area contributed by atoms with Crippen LogP contribution in [0.25, 0.3) is 0 Å². The third-order valence-corrected chi connectivity index (χ3v) is 3.92. The maximum absolute atomic E-state index is 8.42. The lowest BCUT2D eigenvalue weighted by Gasteiger charge is -2.22. The van der Waals surface area contributed by atoms with Gasteiger partial charge in [-0.1, -0.05) is 6.92 Å². The van der Waals surface area contributed by atoms with E-state index in [9.17, 15) is 0 Å². The highest BCUT2D eigenvalue weighted by Gasteiger charge is 2.13. The van der Waals surface area contributed by atoms with E-state index in [1.807, 2.05) is 0 Å². The molecular weight excluding hydrogens is 340 g/mol. The molecule has 156 valence electrons. The fraction of sp³-hybridized carbons (Fsp3) is 1.00. The first-order valence-corrected chi connectivity index (χ1v) is 10.1. The van der Waals surface area contributed by atoms with Crippen molar-refractivity contribution in [1.82, 2.24) is 0 Å². The summed E-state index contributed by atoms with van der Waals surface area (Å²) in [6, 6.07) is 0. The van der Waals surface area contributed by atoms with E-state index in [2.05, 4.69) is 6.92 Å². The van der Waals surface area contributed by atoms with Crippen LogP contribution < -0.4 is 0 Å². The SMILES string of the molecule is CCCOCCOC1CCCCO1.OCCOCCOC1CCCCO1. The van der Waals surface area contributed by atoms with Crippen molar-refractivity contribution in [1.29, 1.82) is 0 Å². The number of aliphatic hydroxyl groups excluding tert-OH is 1.